The van der Waals surface area contributed by atoms with Crippen molar-refractivity contribution >= 4 is 23.1 Å². The van der Waals surface area contributed by atoms with Gasteiger partial charge in [0.05, 0.1) is 6.61 Å². The molecule has 0 radical (unpaired) electrons. The second-order valence-corrected chi connectivity index (χ2v) is 7.95. The standard InChI is InChI=1S/C18H16F2N2OS.C2H7N.C2H4O.C2H6/c1-11-3-5-13(15(20)9-11)17-21-22(2)18(24-17)7-8-23-16-6-4-12(19)10-14(16)18;2*1-2-3;1-2/h3-6,9-10H,7-8H2,1-2H3;2-3H2,1H3;2H,1H3;1-2H3. The summed E-state index contributed by atoms with van der Waals surface area (Å²) >= 11 is 1.46. The number of ether oxygens (including phenoxy) is 1. The monoisotopic (exact) mass is 465 g/mol. The van der Waals surface area contributed by atoms with Crippen LogP contribution in [0.3, 0.4) is 0 Å². The van der Waals surface area contributed by atoms with E-state index in [9.17, 15) is 8.78 Å². The predicted octanol–water partition coefficient (Wildman–Crippen LogP) is 5.45. The number of benzene rings is 2. The second kappa shape index (κ2) is 13.2. The van der Waals surface area contributed by atoms with Crippen LogP contribution in [-0.4, -0.2) is 36.5 Å². The molecule has 1 atom stereocenters. The third-order valence-corrected chi connectivity index (χ3v) is 5.97. The predicted molar refractivity (Wildman–Crippen MR) is 129 cm³/mol. The molecule has 5 nitrogen and oxygen atoms in total. The molecule has 0 bridgehead atoms. The zero-order chi connectivity index (χ0) is 24.3. The van der Waals surface area contributed by atoms with Gasteiger partial charge in [0.15, 0.2) is 0 Å². The van der Waals surface area contributed by atoms with Crippen molar-refractivity contribution in [1.29, 1.82) is 0 Å². The van der Waals surface area contributed by atoms with Crippen molar-refractivity contribution < 1.29 is 18.3 Å². The molecule has 1 spiro atoms. The quantitative estimate of drug-likeness (QED) is 0.568. The van der Waals surface area contributed by atoms with Crippen LogP contribution in [0, 0.1) is 18.6 Å². The number of halogens is 2. The first-order valence-corrected chi connectivity index (χ1v) is 11.4. The Morgan fingerprint density at radius 1 is 1.25 bits per heavy atom. The molecule has 0 fully saturated rings. The molecule has 4 rings (SSSR count). The summed E-state index contributed by atoms with van der Waals surface area (Å²) in [5.41, 5.74) is 6.92. The number of nitrogens with zero attached hydrogens (tertiary/aromatic N) is 2. The van der Waals surface area contributed by atoms with Gasteiger partial charge in [-0.05, 0) is 56.3 Å². The second-order valence-electron chi connectivity index (χ2n) is 6.68. The van der Waals surface area contributed by atoms with Gasteiger partial charge in [0, 0.05) is 24.6 Å². The summed E-state index contributed by atoms with van der Waals surface area (Å²) in [4.78, 5) is 8.24. The molecule has 8 heteroatoms. The van der Waals surface area contributed by atoms with E-state index in [-0.39, 0.29) is 11.6 Å². The van der Waals surface area contributed by atoms with Crippen LogP contribution in [0.4, 0.5) is 8.78 Å². The van der Waals surface area contributed by atoms with E-state index in [1.807, 2.05) is 40.8 Å². The van der Waals surface area contributed by atoms with E-state index in [0.717, 1.165) is 24.0 Å². The van der Waals surface area contributed by atoms with E-state index in [4.69, 9.17) is 15.3 Å². The number of hydrogen-bond donors (Lipinski definition) is 1. The van der Waals surface area contributed by atoms with Gasteiger partial charge in [-0.25, -0.2) is 8.78 Å². The molecule has 0 aromatic heterocycles. The van der Waals surface area contributed by atoms with Gasteiger partial charge in [-0.2, -0.15) is 5.10 Å². The lowest BCUT2D eigenvalue weighted by Gasteiger charge is -2.39. The van der Waals surface area contributed by atoms with Crippen LogP contribution < -0.4 is 10.5 Å². The maximum atomic E-state index is 14.3. The Hall–Kier alpha value is -2.45. The van der Waals surface area contributed by atoms with E-state index < -0.39 is 4.87 Å². The Balaban J connectivity index is 0.000000567. The Bertz CT molecular complexity index is 924. The number of nitrogens with two attached hydrogens (primary N) is 1. The number of aryl methyl sites for hydroxylation is 1. The van der Waals surface area contributed by atoms with Crippen molar-refractivity contribution in [2.24, 2.45) is 10.8 Å². The zero-order valence-electron chi connectivity index (χ0n) is 19.6. The fourth-order valence-electron chi connectivity index (χ4n) is 3.18. The van der Waals surface area contributed by atoms with Crippen LogP contribution in [0.1, 0.15) is 50.8 Å². The summed E-state index contributed by atoms with van der Waals surface area (Å²) in [5, 5.41) is 6.95. The van der Waals surface area contributed by atoms with Crippen molar-refractivity contribution in [3.05, 3.63) is 64.7 Å². The normalized spacial score (nSPS) is 17.9. The lowest BCUT2D eigenvalue weighted by molar-refractivity contribution is -0.106. The lowest BCUT2D eigenvalue weighted by atomic mass is 9.99. The Morgan fingerprint density at radius 3 is 2.47 bits per heavy atom. The molecule has 0 saturated heterocycles. The van der Waals surface area contributed by atoms with E-state index in [2.05, 4.69) is 5.10 Å². The van der Waals surface area contributed by atoms with Crippen molar-refractivity contribution in [1.82, 2.24) is 5.01 Å². The molecular weight excluding hydrogens is 432 g/mol. The SMILES string of the molecule is CC.CC=O.CCN.Cc1ccc(C2=NN(C)C3(CCOc4ccc(F)cc43)S2)c(F)c1. The minimum atomic E-state index is -0.567. The Labute approximate surface area is 194 Å². The molecular formula is C24H33F2N3O2S. The van der Waals surface area contributed by atoms with Gasteiger partial charge in [0.2, 0.25) is 0 Å². The van der Waals surface area contributed by atoms with Gasteiger partial charge < -0.3 is 15.3 Å². The highest BCUT2D eigenvalue weighted by Crippen LogP contribution is 2.53. The highest BCUT2D eigenvalue weighted by atomic mass is 32.2. The molecule has 0 amide bonds. The van der Waals surface area contributed by atoms with Crippen molar-refractivity contribution in [3.8, 4) is 5.75 Å². The molecule has 0 saturated carbocycles. The highest BCUT2D eigenvalue weighted by Gasteiger charge is 2.48. The summed E-state index contributed by atoms with van der Waals surface area (Å²) in [6.45, 7) is 10.5. The fourth-order valence-corrected chi connectivity index (χ4v) is 4.56. The maximum absolute atomic E-state index is 14.3. The summed E-state index contributed by atoms with van der Waals surface area (Å²) in [7, 11) is 1.84. The summed E-state index contributed by atoms with van der Waals surface area (Å²) in [6.07, 6.45) is 1.39. The van der Waals surface area contributed by atoms with Crippen molar-refractivity contribution in [2.75, 3.05) is 20.2 Å². The third-order valence-electron chi connectivity index (χ3n) is 4.45. The van der Waals surface area contributed by atoms with Crippen molar-refractivity contribution in [2.45, 2.75) is 45.9 Å². The smallest absolute Gasteiger partial charge is 0.140 e. The summed E-state index contributed by atoms with van der Waals surface area (Å²) in [5.74, 6) is 0.0450. The summed E-state index contributed by atoms with van der Waals surface area (Å²) in [6, 6.07) is 9.63. The number of fused-ring (bicyclic) bond motifs is 2. The van der Waals surface area contributed by atoms with E-state index >= 15 is 0 Å². The van der Waals surface area contributed by atoms with Gasteiger partial charge in [-0.3, -0.25) is 5.01 Å². The van der Waals surface area contributed by atoms with Crippen LogP contribution in [0.25, 0.3) is 0 Å². The average molecular weight is 466 g/mol. The number of thioether (sulfide) groups is 1. The van der Waals surface area contributed by atoms with Gasteiger partial charge in [-0.1, -0.05) is 38.6 Å². The van der Waals surface area contributed by atoms with E-state index in [1.54, 1.807) is 17.1 Å². The van der Waals surface area contributed by atoms with Crippen LogP contribution in [-0.2, 0) is 9.67 Å². The first kappa shape index (κ1) is 27.6. The largest absolute Gasteiger partial charge is 0.493 e. The third kappa shape index (κ3) is 6.29. The molecule has 2 aliphatic rings. The highest BCUT2D eigenvalue weighted by molar-refractivity contribution is 8.15. The fraction of sp³-hybridized carbons (Fsp3) is 0.417. The molecule has 32 heavy (non-hydrogen) atoms. The number of hydrazone groups is 1. The van der Waals surface area contributed by atoms with Crippen molar-refractivity contribution in [3.63, 3.8) is 0 Å². The van der Waals surface area contributed by atoms with Crippen LogP contribution >= 0.6 is 11.8 Å². The first-order chi connectivity index (χ1) is 15.3. The molecule has 2 aliphatic heterocycles. The van der Waals surface area contributed by atoms with Crippen LogP contribution in [0.15, 0.2) is 41.5 Å². The maximum Gasteiger partial charge on any atom is 0.140 e. The van der Waals surface area contributed by atoms with Gasteiger partial charge in [0.1, 0.15) is 33.6 Å². The molecule has 2 aromatic rings. The molecule has 176 valence electrons. The van der Waals surface area contributed by atoms with Crippen LogP contribution in [0.5, 0.6) is 5.75 Å². The van der Waals surface area contributed by atoms with Gasteiger partial charge >= 0.3 is 0 Å². The molecule has 2 N–H and O–H groups in total. The topological polar surface area (TPSA) is 67.9 Å². The Morgan fingerprint density at radius 2 is 1.88 bits per heavy atom. The van der Waals surface area contributed by atoms with E-state index in [0.29, 0.717) is 29.4 Å². The lowest BCUT2D eigenvalue weighted by Crippen LogP contribution is -2.39. The Kier molecular flexibility index (Phi) is 11.4. The minimum Gasteiger partial charge on any atom is -0.493 e. The number of carbonyl (C=O) groups excluding carboxylic acids is 1. The number of aldehydes is 1. The first-order valence-electron chi connectivity index (χ1n) is 10.6. The molecule has 2 aromatic carbocycles. The number of carbonyl (C=O) groups is 1. The molecule has 1 unspecified atom stereocenters. The van der Waals surface area contributed by atoms with Gasteiger partial charge in [-0.15, -0.1) is 0 Å². The summed E-state index contributed by atoms with van der Waals surface area (Å²) < 4.78 is 33.8. The minimum absolute atomic E-state index is 0.293. The van der Waals surface area contributed by atoms with E-state index in [1.165, 1.54) is 36.9 Å². The molecule has 0 aliphatic carbocycles. The average Bonchev–Trinajstić information content (AvgIpc) is 3.08. The number of rotatable bonds is 1. The zero-order valence-corrected chi connectivity index (χ0v) is 20.4. The molecule has 2 heterocycles. The number of hydrogen-bond acceptors (Lipinski definition) is 6. The van der Waals surface area contributed by atoms with Crippen LogP contribution in [0.2, 0.25) is 0 Å². The van der Waals surface area contributed by atoms with Gasteiger partial charge in [0.25, 0.3) is 0 Å².